The van der Waals surface area contributed by atoms with E-state index in [1.807, 2.05) is 0 Å². The summed E-state index contributed by atoms with van der Waals surface area (Å²) in [5, 5.41) is 0. The summed E-state index contributed by atoms with van der Waals surface area (Å²) in [5.74, 6) is 0. The largest absolute Gasteiger partial charge is 0.356 e. The Bertz CT molecular complexity index is 433. The van der Waals surface area contributed by atoms with Gasteiger partial charge in [-0.05, 0) is 25.7 Å². The Morgan fingerprint density at radius 1 is 0.382 bits per heavy atom. The molecular formula is C32H64N2. The van der Waals surface area contributed by atoms with Gasteiger partial charge in [-0.2, -0.15) is 0 Å². The van der Waals surface area contributed by atoms with Crippen LogP contribution in [0.5, 0.6) is 0 Å². The van der Waals surface area contributed by atoms with Crippen LogP contribution in [-0.2, 0) is 0 Å². The van der Waals surface area contributed by atoms with Gasteiger partial charge in [-0.15, -0.1) is 0 Å². The molecule has 1 aliphatic heterocycles. The van der Waals surface area contributed by atoms with Crippen molar-refractivity contribution in [3.05, 3.63) is 12.4 Å². The maximum absolute atomic E-state index is 2.68. The standard InChI is InChI=1S/C32H64N2/c1-4-7-10-12-14-16-17-19-21-23-26-29-34-31-30-33(28-25-9-6-3)32(34)27-24-22-20-18-15-13-11-8-5-2/h30-32H,4-29H2,1-3H3. The van der Waals surface area contributed by atoms with Crippen molar-refractivity contribution in [1.82, 2.24) is 9.80 Å². The van der Waals surface area contributed by atoms with Crippen LogP contribution in [-0.4, -0.2) is 29.1 Å². The first-order valence-electron chi connectivity index (χ1n) is 16.0. The summed E-state index contributed by atoms with van der Waals surface area (Å²) in [7, 11) is 0. The maximum atomic E-state index is 2.68. The van der Waals surface area contributed by atoms with Gasteiger partial charge in [0.05, 0.1) is 0 Å². The minimum absolute atomic E-state index is 0.643. The summed E-state index contributed by atoms with van der Waals surface area (Å²) in [5.41, 5.74) is 0. The van der Waals surface area contributed by atoms with E-state index in [1.165, 1.54) is 167 Å². The Balaban J connectivity index is 2.16. The molecule has 0 radical (unpaired) electrons. The molecule has 0 bridgehead atoms. The lowest BCUT2D eigenvalue weighted by Crippen LogP contribution is -2.39. The fourth-order valence-corrected chi connectivity index (χ4v) is 5.48. The molecule has 1 heterocycles. The van der Waals surface area contributed by atoms with Crippen molar-refractivity contribution in [3.8, 4) is 0 Å². The highest BCUT2D eigenvalue weighted by Crippen LogP contribution is 2.23. The molecule has 1 aliphatic rings. The Labute approximate surface area is 216 Å². The Kier molecular flexibility index (Phi) is 22.2. The van der Waals surface area contributed by atoms with Crippen molar-refractivity contribution in [2.45, 2.75) is 181 Å². The van der Waals surface area contributed by atoms with E-state index in [1.54, 1.807) is 0 Å². The maximum Gasteiger partial charge on any atom is 0.101 e. The zero-order valence-electron chi connectivity index (χ0n) is 24.0. The molecule has 1 unspecified atom stereocenters. The molecule has 2 nitrogen and oxygen atoms in total. The van der Waals surface area contributed by atoms with Gasteiger partial charge in [0.25, 0.3) is 0 Å². The van der Waals surface area contributed by atoms with Crippen LogP contribution in [0.4, 0.5) is 0 Å². The van der Waals surface area contributed by atoms with Gasteiger partial charge in [0.1, 0.15) is 6.17 Å². The van der Waals surface area contributed by atoms with Crippen LogP contribution in [0.25, 0.3) is 0 Å². The summed E-state index contributed by atoms with van der Waals surface area (Å²) in [6.45, 7) is 9.45. The Morgan fingerprint density at radius 2 is 0.676 bits per heavy atom. The van der Waals surface area contributed by atoms with Gasteiger partial charge in [0.2, 0.25) is 0 Å². The summed E-state index contributed by atoms with van der Waals surface area (Å²) in [6, 6.07) is 0. The van der Waals surface area contributed by atoms with E-state index in [2.05, 4.69) is 43.0 Å². The van der Waals surface area contributed by atoms with Gasteiger partial charge < -0.3 is 9.80 Å². The summed E-state index contributed by atoms with van der Waals surface area (Å²) >= 11 is 0. The first kappa shape index (κ1) is 31.4. The zero-order valence-corrected chi connectivity index (χ0v) is 24.0. The second kappa shape index (κ2) is 24.1. The molecule has 0 fully saturated rings. The summed E-state index contributed by atoms with van der Waals surface area (Å²) in [4.78, 5) is 5.35. The number of unbranched alkanes of at least 4 members (excludes halogenated alkanes) is 20. The fraction of sp³-hybridized carbons (Fsp3) is 0.938. The number of hydrogen-bond acceptors (Lipinski definition) is 2. The molecule has 1 atom stereocenters. The predicted molar refractivity (Wildman–Crippen MR) is 154 cm³/mol. The molecule has 0 aromatic heterocycles. The first-order chi connectivity index (χ1) is 16.8. The van der Waals surface area contributed by atoms with Gasteiger partial charge in [-0.1, -0.05) is 149 Å². The van der Waals surface area contributed by atoms with Crippen molar-refractivity contribution in [1.29, 1.82) is 0 Å². The predicted octanol–water partition coefficient (Wildman–Crippen LogP) is 10.8. The fourth-order valence-electron chi connectivity index (χ4n) is 5.48. The molecule has 1 rings (SSSR count). The van der Waals surface area contributed by atoms with Crippen LogP contribution in [0.15, 0.2) is 12.4 Å². The van der Waals surface area contributed by atoms with E-state index >= 15 is 0 Å². The van der Waals surface area contributed by atoms with E-state index in [0.29, 0.717) is 6.17 Å². The molecule has 2 heteroatoms. The van der Waals surface area contributed by atoms with Crippen LogP contribution in [0, 0.1) is 0 Å². The van der Waals surface area contributed by atoms with Crippen LogP contribution >= 0.6 is 0 Å². The molecular weight excluding hydrogens is 412 g/mol. The van der Waals surface area contributed by atoms with Crippen molar-refractivity contribution in [2.24, 2.45) is 0 Å². The molecule has 0 aromatic carbocycles. The van der Waals surface area contributed by atoms with Gasteiger partial charge in [-0.25, -0.2) is 0 Å². The van der Waals surface area contributed by atoms with Crippen molar-refractivity contribution < 1.29 is 0 Å². The quantitative estimate of drug-likeness (QED) is 0.114. The van der Waals surface area contributed by atoms with Crippen molar-refractivity contribution in [3.63, 3.8) is 0 Å². The van der Waals surface area contributed by atoms with Gasteiger partial charge in [0, 0.05) is 25.5 Å². The van der Waals surface area contributed by atoms with Gasteiger partial charge in [-0.3, -0.25) is 0 Å². The lowest BCUT2D eigenvalue weighted by atomic mass is 10.0. The van der Waals surface area contributed by atoms with Crippen LogP contribution in [0.3, 0.4) is 0 Å². The number of nitrogens with zero attached hydrogens (tertiary/aromatic N) is 2. The lowest BCUT2D eigenvalue weighted by molar-refractivity contribution is 0.135. The second-order valence-electron chi connectivity index (χ2n) is 11.1. The Hall–Kier alpha value is -0.660. The SMILES string of the molecule is CCCCCCCCCCCCCN1C=CN(CCCCC)C1CCCCCCCCCCC. The minimum atomic E-state index is 0.643. The smallest absolute Gasteiger partial charge is 0.101 e. The van der Waals surface area contributed by atoms with E-state index in [0.717, 1.165) is 0 Å². The van der Waals surface area contributed by atoms with Gasteiger partial charge in [0.15, 0.2) is 0 Å². The number of rotatable bonds is 26. The van der Waals surface area contributed by atoms with Crippen LogP contribution < -0.4 is 0 Å². The first-order valence-corrected chi connectivity index (χ1v) is 16.0. The second-order valence-corrected chi connectivity index (χ2v) is 11.1. The van der Waals surface area contributed by atoms with E-state index in [-0.39, 0.29) is 0 Å². The molecule has 202 valence electrons. The minimum Gasteiger partial charge on any atom is -0.356 e. The highest BCUT2D eigenvalue weighted by atomic mass is 15.4. The van der Waals surface area contributed by atoms with Crippen molar-refractivity contribution in [2.75, 3.05) is 13.1 Å². The third-order valence-electron chi connectivity index (χ3n) is 7.82. The summed E-state index contributed by atoms with van der Waals surface area (Å²) < 4.78 is 0. The normalized spacial score (nSPS) is 15.7. The van der Waals surface area contributed by atoms with Crippen LogP contribution in [0.1, 0.15) is 175 Å². The molecule has 0 aliphatic carbocycles. The van der Waals surface area contributed by atoms with E-state index in [9.17, 15) is 0 Å². The molecule has 0 saturated heterocycles. The highest BCUT2D eigenvalue weighted by Gasteiger charge is 2.24. The highest BCUT2D eigenvalue weighted by molar-refractivity contribution is 4.97. The zero-order chi connectivity index (χ0) is 24.5. The van der Waals surface area contributed by atoms with E-state index < -0.39 is 0 Å². The topological polar surface area (TPSA) is 6.48 Å². The van der Waals surface area contributed by atoms with Crippen molar-refractivity contribution >= 4 is 0 Å². The average molecular weight is 477 g/mol. The molecule has 0 N–H and O–H groups in total. The van der Waals surface area contributed by atoms with Crippen LogP contribution in [0.2, 0.25) is 0 Å². The van der Waals surface area contributed by atoms with Gasteiger partial charge >= 0.3 is 0 Å². The molecule has 0 spiro atoms. The average Bonchev–Trinajstić information content (AvgIpc) is 3.23. The molecule has 34 heavy (non-hydrogen) atoms. The monoisotopic (exact) mass is 477 g/mol. The third-order valence-corrected chi connectivity index (χ3v) is 7.82. The molecule has 0 saturated carbocycles. The number of hydrogen-bond donors (Lipinski definition) is 0. The lowest BCUT2D eigenvalue weighted by Gasteiger charge is -2.33. The third kappa shape index (κ3) is 16.9. The summed E-state index contributed by atoms with van der Waals surface area (Å²) in [6.07, 6.45) is 39.5. The Morgan fingerprint density at radius 3 is 1.09 bits per heavy atom. The molecule has 0 amide bonds. The molecule has 0 aromatic rings. The van der Waals surface area contributed by atoms with E-state index in [4.69, 9.17) is 0 Å².